The third-order valence-electron chi connectivity index (χ3n) is 3.00. The van der Waals surface area contributed by atoms with Gasteiger partial charge in [-0.2, -0.15) is 0 Å². The van der Waals surface area contributed by atoms with E-state index in [1.807, 2.05) is 24.3 Å². The van der Waals surface area contributed by atoms with Crippen LogP contribution in [-0.2, 0) is 10.8 Å². The van der Waals surface area contributed by atoms with E-state index in [1.54, 1.807) is 11.3 Å². The largest absolute Gasteiger partial charge is 0.316 e. The van der Waals surface area contributed by atoms with Crippen molar-refractivity contribution in [3.63, 3.8) is 0 Å². The van der Waals surface area contributed by atoms with Gasteiger partial charge in [0.2, 0.25) is 0 Å². The fraction of sp³-hybridized carbons (Fsp3) is 0.417. The first kappa shape index (κ1) is 11.3. The monoisotopic (exact) mass is 266 g/mol. The number of hydrogen-bond acceptors (Lipinski definition) is 4. The van der Waals surface area contributed by atoms with E-state index in [9.17, 15) is 4.21 Å². The lowest BCUT2D eigenvalue weighted by Crippen LogP contribution is -2.36. The number of hydrogen-bond donors (Lipinski definition) is 1. The van der Waals surface area contributed by atoms with Crippen LogP contribution in [0.3, 0.4) is 0 Å². The van der Waals surface area contributed by atoms with Gasteiger partial charge in [0.1, 0.15) is 0 Å². The Morgan fingerprint density at radius 2 is 2.29 bits per heavy atom. The SMILES string of the molecule is O=[S@@](c1nc2ccccc2s1)[C@H]1CCCNC1. The molecule has 1 saturated heterocycles. The average Bonchev–Trinajstić information content (AvgIpc) is 2.82. The van der Waals surface area contributed by atoms with Gasteiger partial charge in [0.25, 0.3) is 0 Å². The topological polar surface area (TPSA) is 42.0 Å². The highest BCUT2D eigenvalue weighted by Crippen LogP contribution is 2.26. The first-order valence-electron chi connectivity index (χ1n) is 5.81. The Morgan fingerprint density at radius 3 is 3.06 bits per heavy atom. The number of aromatic nitrogens is 1. The van der Waals surface area contributed by atoms with Crippen LogP contribution < -0.4 is 5.32 Å². The van der Waals surface area contributed by atoms with Gasteiger partial charge in [-0.3, -0.25) is 4.21 Å². The minimum absolute atomic E-state index is 0.226. The van der Waals surface area contributed by atoms with Crippen molar-refractivity contribution >= 4 is 32.4 Å². The Balaban J connectivity index is 1.89. The van der Waals surface area contributed by atoms with Gasteiger partial charge in [0.15, 0.2) is 4.34 Å². The van der Waals surface area contributed by atoms with Crippen molar-refractivity contribution in [2.24, 2.45) is 0 Å². The number of nitrogens with zero attached hydrogens (tertiary/aromatic N) is 1. The smallest absolute Gasteiger partial charge is 0.182 e. The molecule has 1 fully saturated rings. The van der Waals surface area contributed by atoms with Gasteiger partial charge in [-0.25, -0.2) is 4.98 Å². The minimum atomic E-state index is -0.958. The summed E-state index contributed by atoms with van der Waals surface area (Å²) in [6.07, 6.45) is 2.15. The summed E-state index contributed by atoms with van der Waals surface area (Å²) in [5.74, 6) is 0. The summed E-state index contributed by atoms with van der Waals surface area (Å²) >= 11 is 1.56. The van der Waals surface area contributed by atoms with Crippen molar-refractivity contribution in [1.29, 1.82) is 0 Å². The van der Waals surface area contributed by atoms with Crippen LogP contribution in [0.2, 0.25) is 0 Å². The number of benzene rings is 1. The summed E-state index contributed by atoms with van der Waals surface area (Å²) in [7, 11) is -0.958. The molecule has 0 radical (unpaired) electrons. The van der Waals surface area contributed by atoms with Crippen molar-refractivity contribution < 1.29 is 4.21 Å². The molecule has 3 nitrogen and oxygen atoms in total. The molecule has 1 N–H and O–H groups in total. The molecule has 2 aromatic rings. The summed E-state index contributed by atoms with van der Waals surface area (Å²) in [5, 5.41) is 3.53. The number of rotatable bonds is 2. The molecule has 0 amide bonds. The number of piperidine rings is 1. The molecule has 17 heavy (non-hydrogen) atoms. The van der Waals surface area contributed by atoms with E-state index in [0.717, 1.165) is 40.5 Å². The van der Waals surface area contributed by atoms with Crippen LogP contribution in [0.1, 0.15) is 12.8 Å². The van der Waals surface area contributed by atoms with Gasteiger partial charge in [-0.15, -0.1) is 11.3 Å². The molecular weight excluding hydrogens is 252 g/mol. The number of fused-ring (bicyclic) bond motifs is 1. The molecule has 2 heterocycles. The lowest BCUT2D eigenvalue weighted by atomic mass is 10.2. The zero-order valence-electron chi connectivity index (χ0n) is 9.39. The lowest BCUT2D eigenvalue weighted by molar-refractivity contribution is 0.519. The molecule has 3 rings (SSSR count). The Hall–Kier alpha value is -0.780. The summed E-state index contributed by atoms with van der Waals surface area (Å²) in [5.41, 5.74) is 0.963. The molecule has 0 saturated carbocycles. The van der Waals surface area contributed by atoms with E-state index >= 15 is 0 Å². The number of nitrogens with one attached hydrogen (secondary N) is 1. The first-order chi connectivity index (χ1) is 8.34. The van der Waals surface area contributed by atoms with E-state index in [1.165, 1.54) is 0 Å². The zero-order chi connectivity index (χ0) is 11.7. The summed E-state index contributed by atoms with van der Waals surface area (Å²) < 4.78 is 14.3. The lowest BCUT2D eigenvalue weighted by Gasteiger charge is -2.20. The second-order valence-electron chi connectivity index (χ2n) is 4.21. The maximum atomic E-state index is 12.4. The highest BCUT2D eigenvalue weighted by atomic mass is 32.2. The summed E-state index contributed by atoms with van der Waals surface area (Å²) in [4.78, 5) is 4.48. The van der Waals surface area contributed by atoms with E-state index in [0.29, 0.717) is 0 Å². The predicted molar refractivity (Wildman–Crippen MR) is 71.9 cm³/mol. The summed E-state index contributed by atoms with van der Waals surface area (Å²) in [6.45, 7) is 1.90. The average molecular weight is 266 g/mol. The molecule has 5 heteroatoms. The van der Waals surface area contributed by atoms with Crippen LogP contribution in [0.4, 0.5) is 0 Å². The van der Waals surface area contributed by atoms with Crippen molar-refractivity contribution in [2.75, 3.05) is 13.1 Å². The van der Waals surface area contributed by atoms with Gasteiger partial charge >= 0.3 is 0 Å². The highest BCUT2D eigenvalue weighted by molar-refractivity contribution is 7.88. The third-order valence-corrected chi connectivity index (χ3v) is 6.02. The van der Waals surface area contributed by atoms with Crippen molar-refractivity contribution in [2.45, 2.75) is 22.4 Å². The standard InChI is InChI=1S/C12H14N2OS2/c15-17(9-4-3-7-13-8-9)12-14-10-5-1-2-6-11(10)16-12/h1-2,5-6,9,13H,3-4,7-8H2/t9-,17+/m0/s1. The quantitative estimate of drug-likeness (QED) is 0.905. The maximum absolute atomic E-state index is 12.4. The Bertz CT molecular complexity index is 513. The van der Waals surface area contributed by atoms with Gasteiger partial charge < -0.3 is 5.32 Å². The molecule has 1 aromatic carbocycles. The molecule has 0 unspecified atom stereocenters. The van der Waals surface area contributed by atoms with Crippen molar-refractivity contribution in [1.82, 2.24) is 10.3 Å². The minimum Gasteiger partial charge on any atom is -0.316 e. The molecule has 2 atom stereocenters. The normalized spacial score (nSPS) is 22.7. The van der Waals surface area contributed by atoms with Gasteiger partial charge in [0, 0.05) is 6.54 Å². The number of thiazole rings is 1. The number of para-hydroxylation sites is 1. The molecule has 1 aromatic heterocycles. The van der Waals surface area contributed by atoms with Gasteiger partial charge in [-0.05, 0) is 31.5 Å². The molecular formula is C12H14N2OS2. The Labute approximate surface area is 107 Å². The Morgan fingerprint density at radius 1 is 1.41 bits per heavy atom. The Kier molecular flexibility index (Phi) is 3.22. The van der Waals surface area contributed by atoms with Gasteiger partial charge in [-0.1, -0.05) is 12.1 Å². The molecule has 0 bridgehead atoms. The molecule has 0 aliphatic carbocycles. The fourth-order valence-electron chi connectivity index (χ4n) is 2.08. The summed E-state index contributed by atoms with van der Waals surface area (Å²) in [6, 6.07) is 7.98. The third kappa shape index (κ3) is 2.27. The van der Waals surface area contributed by atoms with Crippen LogP contribution in [0.5, 0.6) is 0 Å². The molecule has 1 aliphatic rings. The molecule has 90 valence electrons. The van der Waals surface area contributed by atoms with Crippen LogP contribution in [0.15, 0.2) is 28.6 Å². The predicted octanol–water partition coefficient (Wildman–Crippen LogP) is 2.16. The van der Waals surface area contributed by atoms with Crippen LogP contribution >= 0.6 is 11.3 Å². The molecule has 0 spiro atoms. The second kappa shape index (κ2) is 4.84. The van der Waals surface area contributed by atoms with Gasteiger partial charge in [0.05, 0.1) is 26.3 Å². The molecule has 1 aliphatic heterocycles. The van der Waals surface area contributed by atoms with E-state index in [-0.39, 0.29) is 5.25 Å². The van der Waals surface area contributed by atoms with E-state index in [4.69, 9.17) is 0 Å². The maximum Gasteiger partial charge on any atom is 0.182 e. The van der Waals surface area contributed by atoms with E-state index < -0.39 is 10.8 Å². The fourth-order valence-corrected chi connectivity index (χ4v) is 4.91. The van der Waals surface area contributed by atoms with Crippen LogP contribution in [0.25, 0.3) is 10.2 Å². The second-order valence-corrected chi connectivity index (χ2v) is 7.15. The van der Waals surface area contributed by atoms with Crippen molar-refractivity contribution in [3.05, 3.63) is 24.3 Å². The first-order valence-corrected chi connectivity index (χ1v) is 7.84. The van der Waals surface area contributed by atoms with E-state index in [2.05, 4.69) is 10.3 Å². The highest BCUT2D eigenvalue weighted by Gasteiger charge is 2.23. The van der Waals surface area contributed by atoms with Crippen LogP contribution in [0, 0.1) is 0 Å². The van der Waals surface area contributed by atoms with Crippen LogP contribution in [-0.4, -0.2) is 27.5 Å². The zero-order valence-corrected chi connectivity index (χ0v) is 11.0. The van der Waals surface area contributed by atoms with Crippen molar-refractivity contribution in [3.8, 4) is 0 Å².